The number of nitrogens with zero attached hydrogens (tertiary/aromatic N) is 1. The molecule has 0 spiro atoms. The molecule has 1 aromatic carbocycles. The molecule has 0 aliphatic carbocycles. The van der Waals surface area contributed by atoms with Gasteiger partial charge in [-0.15, -0.1) is 11.3 Å². The van der Waals surface area contributed by atoms with Gasteiger partial charge in [-0.25, -0.2) is 9.59 Å². The standard InChI is InChI=1S/C27H31NO4S.C2H6/c1-4-6-8-19(3)28(17-20-10-12-21(13-11-20)26(29)30)18-23-15-22(16-24-9-7-14-33-24)27(31)32-25(23)5-2;1-2/h7,9-15,18,25H,3-6,8,16-17H2,1-2H3,(H,29,30);1-2H3/b23-18-;. The molecule has 1 aliphatic rings. The third-order valence-electron chi connectivity index (χ3n) is 5.62. The van der Waals surface area contributed by atoms with E-state index in [1.165, 1.54) is 0 Å². The molecule has 0 radical (unpaired) electrons. The molecule has 0 bridgehead atoms. The van der Waals surface area contributed by atoms with E-state index in [9.17, 15) is 14.7 Å². The summed E-state index contributed by atoms with van der Waals surface area (Å²) in [7, 11) is 0. The van der Waals surface area contributed by atoms with E-state index in [-0.39, 0.29) is 17.6 Å². The van der Waals surface area contributed by atoms with Crippen LogP contribution in [0.1, 0.15) is 74.2 Å². The Morgan fingerprint density at radius 2 is 1.91 bits per heavy atom. The lowest BCUT2D eigenvalue weighted by molar-refractivity contribution is -0.143. The Kier molecular flexibility index (Phi) is 11.5. The number of unbranched alkanes of at least 4 members (excludes halogenated alkanes) is 1. The molecule has 2 aromatic rings. The molecule has 5 nitrogen and oxygen atoms in total. The van der Waals surface area contributed by atoms with Crippen LogP contribution < -0.4 is 0 Å². The average molecular weight is 496 g/mol. The van der Waals surface area contributed by atoms with Gasteiger partial charge >= 0.3 is 11.9 Å². The van der Waals surface area contributed by atoms with Gasteiger partial charge in [0, 0.05) is 40.9 Å². The first-order chi connectivity index (χ1) is 16.9. The number of carboxylic acid groups (broad SMARTS) is 1. The fraction of sp³-hybridized carbons (Fsp3) is 0.379. The van der Waals surface area contributed by atoms with E-state index in [0.29, 0.717) is 25.0 Å². The molecule has 1 N–H and O–H groups in total. The molecule has 35 heavy (non-hydrogen) atoms. The number of benzene rings is 1. The first-order valence-electron chi connectivity index (χ1n) is 12.3. The van der Waals surface area contributed by atoms with Crippen molar-refractivity contribution in [1.82, 2.24) is 4.90 Å². The number of carbonyl (C=O) groups excluding carboxylic acids is 1. The van der Waals surface area contributed by atoms with Crippen molar-refractivity contribution in [2.75, 3.05) is 0 Å². The van der Waals surface area contributed by atoms with E-state index in [1.54, 1.807) is 23.5 Å². The van der Waals surface area contributed by atoms with Crippen LogP contribution in [0.25, 0.3) is 0 Å². The quantitative estimate of drug-likeness (QED) is 0.330. The lowest BCUT2D eigenvalue weighted by Crippen LogP contribution is -2.28. The summed E-state index contributed by atoms with van der Waals surface area (Å²) in [5, 5.41) is 11.2. The summed E-state index contributed by atoms with van der Waals surface area (Å²) in [6.45, 7) is 13.0. The van der Waals surface area contributed by atoms with Gasteiger partial charge in [0.05, 0.1) is 5.56 Å². The highest BCUT2D eigenvalue weighted by Gasteiger charge is 2.27. The minimum atomic E-state index is -0.939. The zero-order valence-electron chi connectivity index (χ0n) is 21.3. The first kappa shape index (κ1) is 28.1. The van der Waals surface area contributed by atoms with Crippen LogP contribution in [0, 0.1) is 0 Å². The van der Waals surface area contributed by atoms with Crippen molar-refractivity contribution in [3.8, 4) is 0 Å². The van der Waals surface area contributed by atoms with Gasteiger partial charge in [0.25, 0.3) is 0 Å². The van der Waals surface area contributed by atoms with Crippen molar-refractivity contribution in [1.29, 1.82) is 0 Å². The number of hydrogen-bond acceptors (Lipinski definition) is 5. The molecule has 6 heteroatoms. The van der Waals surface area contributed by atoms with Crippen LogP contribution in [0.2, 0.25) is 0 Å². The molecular weight excluding hydrogens is 458 g/mol. The summed E-state index contributed by atoms with van der Waals surface area (Å²) in [5.74, 6) is -1.20. The predicted octanol–water partition coefficient (Wildman–Crippen LogP) is 7.37. The van der Waals surface area contributed by atoms with Crippen LogP contribution in [-0.2, 0) is 22.5 Å². The number of carboxylic acids is 1. The third-order valence-corrected chi connectivity index (χ3v) is 6.50. The zero-order chi connectivity index (χ0) is 25.8. The summed E-state index contributed by atoms with van der Waals surface area (Å²) in [4.78, 5) is 27.0. The second kappa shape index (κ2) is 14.3. The molecule has 0 saturated carbocycles. The number of thiophene rings is 1. The summed E-state index contributed by atoms with van der Waals surface area (Å²) < 4.78 is 5.77. The zero-order valence-corrected chi connectivity index (χ0v) is 22.1. The van der Waals surface area contributed by atoms with Gasteiger partial charge in [-0.1, -0.05) is 58.9 Å². The van der Waals surface area contributed by atoms with Crippen molar-refractivity contribution in [3.63, 3.8) is 0 Å². The van der Waals surface area contributed by atoms with Crippen LogP contribution in [-0.4, -0.2) is 28.0 Å². The summed E-state index contributed by atoms with van der Waals surface area (Å²) in [6.07, 6.45) is 7.89. The van der Waals surface area contributed by atoms with Crippen LogP contribution in [0.5, 0.6) is 0 Å². The van der Waals surface area contributed by atoms with Gasteiger partial charge in [0.15, 0.2) is 0 Å². The maximum absolute atomic E-state index is 12.6. The van der Waals surface area contributed by atoms with Crippen molar-refractivity contribution in [2.24, 2.45) is 0 Å². The average Bonchev–Trinajstić information content (AvgIpc) is 3.38. The Bertz CT molecular complexity index is 1040. The van der Waals surface area contributed by atoms with Crippen LogP contribution >= 0.6 is 11.3 Å². The van der Waals surface area contributed by atoms with E-state index in [0.717, 1.165) is 41.0 Å². The molecule has 3 rings (SSSR count). The number of cyclic esters (lactones) is 1. The second-order valence-corrected chi connectivity index (χ2v) is 9.19. The highest BCUT2D eigenvalue weighted by atomic mass is 32.1. The molecule has 188 valence electrons. The normalized spacial score (nSPS) is 16.1. The summed E-state index contributed by atoms with van der Waals surface area (Å²) in [6, 6.07) is 10.9. The number of esters is 1. The van der Waals surface area contributed by atoms with Gasteiger partial charge < -0.3 is 14.7 Å². The molecule has 1 aromatic heterocycles. The fourth-order valence-electron chi connectivity index (χ4n) is 3.69. The lowest BCUT2D eigenvalue weighted by atomic mass is 9.99. The van der Waals surface area contributed by atoms with E-state index < -0.39 is 5.97 Å². The number of rotatable bonds is 11. The molecule has 1 unspecified atom stereocenters. The summed E-state index contributed by atoms with van der Waals surface area (Å²) >= 11 is 1.62. The largest absolute Gasteiger partial charge is 0.478 e. The van der Waals surface area contributed by atoms with Crippen LogP contribution in [0.4, 0.5) is 0 Å². The minimum absolute atomic E-state index is 0.256. The van der Waals surface area contributed by atoms with E-state index in [4.69, 9.17) is 4.74 Å². The Morgan fingerprint density at radius 3 is 2.49 bits per heavy atom. The van der Waals surface area contributed by atoms with Gasteiger partial charge in [-0.2, -0.15) is 0 Å². The van der Waals surface area contributed by atoms with Crippen molar-refractivity contribution in [2.45, 2.75) is 72.4 Å². The summed E-state index contributed by atoms with van der Waals surface area (Å²) in [5.41, 5.74) is 3.83. The number of carbonyl (C=O) groups is 2. The molecule has 1 aliphatic heterocycles. The molecular formula is C29H37NO4S. The number of allylic oxidation sites excluding steroid dienone is 1. The molecule has 0 fully saturated rings. The van der Waals surface area contributed by atoms with Crippen molar-refractivity contribution in [3.05, 3.63) is 93.5 Å². The number of ether oxygens (including phenoxy) is 1. The molecule has 0 amide bonds. The van der Waals surface area contributed by atoms with E-state index in [1.807, 2.05) is 62.7 Å². The maximum atomic E-state index is 12.6. The first-order valence-corrected chi connectivity index (χ1v) is 13.2. The smallest absolute Gasteiger partial charge is 0.335 e. The van der Waals surface area contributed by atoms with Gasteiger partial charge in [-0.3, -0.25) is 0 Å². The Hall–Kier alpha value is -3.12. The van der Waals surface area contributed by atoms with Crippen molar-refractivity contribution >= 4 is 23.3 Å². The highest BCUT2D eigenvalue weighted by Crippen LogP contribution is 2.28. The molecule has 2 heterocycles. The minimum Gasteiger partial charge on any atom is -0.478 e. The Balaban J connectivity index is 0.00000210. The topological polar surface area (TPSA) is 66.8 Å². The number of hydrogen-bond donors (Lipinski definition) is 1. The van der Waals surface area contributed by atoms with E-state index >= 15 is 0 Å². The highest BCUT2D eigenvalue weighted by molar-refractivity contribution is 7.09. The fourth-order valence-corrected chi connectivity index (χ4v) is 4.42. The van der Waals surface area contributed by atoms with Crippen molar-refractivity contribution < 1.29 is 19.4 Å². The lowest BCUT2D eigenvalue weighted by Gasteiger charge is -2.29. The van der Waals surface area contributed by atoms with Gasteiger partial charge in [0.1, 0.15) is 6.10 Å². The monoisotopic (exact) mass is 495 g/mol. The second-order valence-electron chi connectivity index (χ2n) is 8.16. The SMILES string of the molecule is C=C(CCCC)N(/C=C1/C=C(Cc2cccs2)C(=O)OC1CC)Cc1ccc(C(=O)O)cc1.CC. The number of aromatic carboxylic acids is 1. The van der Waals surface area contributed by atoms with Crippen LogP contribution in [0.15, 0.2) is 77.5 Å². The molecule has 0 saturated heterocycles. The maximum Gasteiger partial charge on any atom is 0.335 e. The van der Waals surface area contributed by atoms with Gasteiger partial charge in [0.2, 0.25) is 0 Å². The Labute approximate surface area is 213 Å². The Morgan fingerprint density at radius 1 is 1.20 bits per heavy atom. The predicted molar refractivity (Wildman–Crippen MR) is 143 cm³/mol. The third kappa shape index (κ3) is 8.25. The van der Waals surface area contributed by atoms with Gasteiger partial charge in [-0.05, 0) is 54.5 Å². The molecule has 1 atom stereocenters. The van der Waals surface area contributed by atoms with Crippen LogP contribution in [0.3, 0.4) is 0 Å². The van der Waals surface area contributed by atoms with E-state index in [2.05, 4.69) is 18.4 Å².